The molecular weight excluding hydrogens is 428 g/mol. The van der Waals surface area contributed by atoms with Crippen LogP contribution in [0.5, 0.6) is 0 Å². The molecule has 3 heterocycles. The molecule has 172 valence electrons. The third kappa shape index (κ3) is 4.95. The van der Waals surface area contributed by atoms with Gasteiger partial charge >= 0.3 is 0 Å². The molecule has 7 nitrogen and oxygen atoms in total. The number of halogens is 2. The quantitative estimate of drug-likeness (QED) is 0.714. The number of hydrogen-bond donors (Lipinski definition) is 0. The molecule has 2 aliphatic rings. The van der Waals surface area contributed by atoms with Crippen molar-refractivity contribution >= 4 is 17.6 Å². The highest BCUT2D eigenvalue weighted by atomic mass is 19.1. The fourth-order valence-electron chi connectivity index (χ4n) is 4.51. The number of benzene rings is 1. The van der Waals surface area contributed by atoms with E-state index in [1.54, 1.807) is 18.3 Å². The summed E-state index contributed by atoms with van der Waals surface area (Å²) in [5.41, 5.74) is 0.368. The lowest BCUT2D eigenvalue weighted by Crippen LogP contribution is -2.45. The van der Waals surface area contributed by atoms with Crippen LogP contribution >= 0.6 is 0 Å². The normalized spacial score (nSPS) is 17.4. The molecule has 1 aromatic heterocycles. The number of pyridine rings is 1. The van der Waals surface area contributed by atoms with Crippen LogP contribution in [0.25, 0.3) is 0 Å². The van der Waals surface area contributed by atoms with E-state index >= 15 is 0 Å². The summed E-state index contributed by atoms with van der Waals surface area (Å²) in [5.74, 6) is -1.56. The van der Waals surface area contributed by atoms with Crippen molar-refractivity contribution in [3.63, 3.8) is 0 Å². The van der Waals surface area contributed by atoms with Crippen molar-refractivity contribution < 1.29 is 18.4 Å². The van der Waals surface area contributed by atoms with Crippen molar-refractivity contribution in [1.82, 2.24) is 14.8 Å². The fourth-order valence-corrected chi connectivity index (χ4v) is 4.51. The van der Waals surface area contributed by atoms with Gasteiger partial charge in [-0.1, -0.05) is 0 Å². The monoisotopic (exact) mass is 453 g/mol. The molecular formula is C24H25F2N5O2. The van der Waals surface area contributed by atoms with Crippen molar-refractivity contribution in [2.75, 3.05) is 44.2 Å². The molecule has 2 saturated heterocycles. The first kappa shape index (κ1) is 22.6. The summed E-state index contributed by atoms with van der Waals surface area (Å²) in [5, 5.41) is 9.34. The van der Waals surface area contributed by atoms with Gasteiger partial charge in [0.25, 0.3) is 5.91 Å². The molecule has 2 amide bonds. The highest BCUT2D eigenvalue weighted by Gasteiger charge is 2.32. The number of carbonyl (C=O) groups is 2. The molecule has 0 atom stereocenters. The second-order valence-corrected chi connectivity index (χ2v) is 8.34. The van der Waals surface area contributed by atoms with Crippen LogP contribution in [0.1, 0.15) is 35.2 Å². The molecule has 0 bridgehead atoms. The van der Waals surface area contributed by atoms with Gasteiger partial charge in [0.2, 0.25) is 5.91 Å². The molecule has 2 aromatic rings. The maximum absolute atomic E-state index is 14.0. The van der Waals surface area contributed by atoms with Crippen molar-refractivity contribution in [2.45, 2.75) is 19.3 Å². The molecule has 0 saturated carbocycles. The summed E-state index contributed by atoms with van der Waals surface area (Å²) in [7, 11) is 0. The third-order valence-electron chi connectivity index (χ3n) is 6.31. The van der Waals surface area contributed by atoms with E-state index in [1.165, 1.54) is 4.90 Å². The molecule has 33 heavy (non-hydrogen) atoms. The van der Waals surface area contributed by atoms with Gasteiger partial charge in [-0.25, -0.2) is 13.8 Å². The van der Waals surface area contributed by atoms with Crippen molar-refractivity contribution in [3.8, 4) is 6.07 Å². The predicted octanol–water partition coefficient (Wildman–Crippen LogP) is 2.82. The zero-order valence-corrected chi connectivity index (χ0v) is 18.2. The Hall–Kier alpha value is -3.54. The minimum absolute atomic E-state index is 0.0680. The summed E-state index contributed by atoms with van der Waals surface area (Å²) < 4.78 is 27.1. The number of piperidine rings is 1. The summed E-state index contributed by atoms with van der Waals surface area (Å²) in [6.45, 7) is 3.19. The second-order valence-electron chi connectivity index (χ2n) is 8.34. The lowest BCUT2D eigenvalue weighted by molar-refractivity contribution is -0.136. The minimum atomic E-state index is -0.875. The Morgan fingerprint density at radius 3 is 2.52 bits per heavy atom. The summed E-state index contributed by atoms with van der Waals surface area (Å²) in [6.07, 6.45) is 3.45. The standard InChI is InChI=1S/C24H25F2N5O2/c25-19-4-5-20(21(26)15-19)24(33)31-11-6-17(7-12-31)23(32)30-10-2-9-29(13-14-30)22-18(16-27)3-1-8-28-22/h1,3-5,8,15,17H,2,6-7,9-14H2. The van der Waals surface area contributed by atoms with Gasteiger partial charge in [-0.15, -0.1) is 0 Å². The average molecular weight is 453 g/mol. The number of nitriles is 1. The van der Waals surface area contributed by atoms with Crippen LogP contribution in [0.4, 0.5) is 14.6 Å². The zero-order valence-electron chi connectivity index (χ0n) is 18.2. The van der Waals surface area contributed by atoms with Gasteiger partial charge in [-0.05, 0) is 43.5 Å². The fraction of sp³-hybridized carbons (Fsp3) is 0.417. The number of amides is 2. The number of nitrogens with zero attached hydrogens (tertiary/aromatic N) is 5. The summed E-state index contributed by atoms with van der Waals surface area (Å²) >= 11 is 0. The Morgan fingerprint density at radius 2 is 1.79 bits per heavy atom. The van der Waals surface area contributed by atoms with Crippen LogP contribution in [0.2, 0.25) is 0 Å². The SMILES string of the molecule is N#Cc1cccnc1N1CCCN(C(=O)C2CCN(C(=O)c3ccc(F)cc3F)CC2)CC1. The number of anilines is 1. The Balaban J connectivity index is 1.33. The topological polar surface area (TPSA) is 80.5 Å². The molecule has 0 radical (unpaired) electrons. The predicted molar refractivity (Wildman–Crippen MR) is 117 cm³/mol. The number of aromatic nitrogens is 1. The summed E-state index contributed by atoms with van der Waals surface area (Å²) in [4.78, 5) is 35.5. The zero-order chi connectivity index (χ0) is 23.4. The smallest absolute Gasteiger partial charge is 0.256 e. The van der Waals surface area contributed by atoms with Crippen molar-refractivity contribution in [3.05, 3.63) is 59.3 Å². The van der Waals surface area contributed by atoms with Crippen molar-refractivity contribution in [1.29, 1.82) is 5.26 Å². The molecule has 9 heteroatoms. The lowest BCUT2D eigenvalue weighted by Gasteiger charge is -2.34. The highest BCUT2D eigenvalue weighted by molar-refractivity contribution is 5.94. The Bertz CT molecular complexity index is 1080. The minimum Gasteiger partial charge on any atom is -0.354 e. The molecule has 2 fully saturated rings. The molecule has 0 unspecified atom stereocenters. The van der Waals surface area contributed by atoms with Crippen LogP contribution in [-0.4, -0.2) is 65.9 Å². The maximum atomic E-state index is 14.0. The lowest BCUT2D eigenvalue weighted by atomic mass is 9.94. The van der Waals surface area contributed by atoms with E-state index in [-0.39, 0.29) is 17.4 Å². The number of carbonyl (C=O) groups excluding carboxylic acids is 2. The maximum Gasteiger partial charge on any atom is 0.256 e. The van der Waals surface area contributed by atoms with E-state index in [9.17, 15) is 23.6 Å². The van der Waals surface area contributed by atoms with E-state index in [1.807, 2.05) is 9.80 Å². The van der Waals surface area contributed by atoms with Crippen LogP contribution < -0.4 is 4.90 Å². The van der Waals surface area contributed by atoms with E-state index in [2.05, 4.69) is 11.1 Å². The molecule has 2 aliphatic heterocycles. The first-order valence-electron chi connectivity index (χ1n) is 11.1. The van der Waals surface area contributed by atoms with Crippen LogP contribution in [0.3, 0.4) is 0 Å². The van der Waals surface area contributed by atoms with Gasteiger partial charge in [-0.2, -0.15) is 5.26 Å². The van der Waals surface area contributed by atoms with Crippen LogP contribution in [0, 0.1) is 28.9 Å². The van der Waals surface area contributed by atoms with Gasteiger partial charge < -0.3 is 14.7 Å². The van der Waals surface area contributed by atoms with Crippen molar-refractivity contribution in [2.24, 2.45) is 5.92 Å². The second kappa shape index (κ2) is 9.94. The Kier molecular flexibility index (Phi) is 6.82. The molecule has 0 aliphatic carbocycles. The van der Waals surface area contributed by atoms with Crippen LogP contribution in [0.15, 0.2) is 36.5 Å². The molecule has 0 spiro atoms. The molecule has 0 N–H and O–H groups in total. The average Bonchev–Trinajstić information content (AvgIpc) is 3.09. The summed E-state index contributed by atoms with van der Waals surface area (Å²) in [6, 6.07) is 8.58. The first-order valence-corrected chi connectivity index (χ1v) is 11.1. The number of hydrogen-bond acceptors (Lipinski definition) is 5. The van der Waals surface area contributed by atoms with Crippen LogP contribution in [-0.2, 0) is 4.79 Å². The van der Waals surface area contributed by atoms with Gasteiger partial charge in [0.05, 0.1) is 11.1 Å². The van der Waals surface area contributed by atoms with E-state index in [0.29, 0.717) is 69.6 Å². The van der Waals surface area contributed by atoms with Gasteiger partial charge in [-0.3, -0.25) is 9.59 Å². The van der Waals surface area contributed by atoms with E-state index in [4.69, 9.17) is 0 Å². The van der Waals surface area contributed by atoms with Gasteiger partial charge in [0.1, 0.15) is 23.5 Å². The number of likely N-dealkylation sites (tertiary alicyclic amines) is 1. The third-order valence-corrected chi connectivity index (χ3v) is 6.31. The largest absolute Gasteiger partial charge is 0.354 e. The first-order chi connectivity index (χ1) is 16.0. The highest BCUT2D eigenvalue weighted by Crippen LogP contribution is 2.24. The van der Waals surface area contributed by atoms with Gasteiger partial charge in [0, 0.05) is 57.4 Å². The number of rotatable bonds is 3. The molecule has 4 rings (SSSR count). The van der Waals surface area contributed by atoms with Gasteiger partial charge in [0.15, 0.2) is 0 Å². The van der Waals surface area contributed by atoms with E-state index < -0.39 is 17.5 Å². The Labute approximate surface area is 191 Å². The van der Waals surface area contributed by atoms with E-state index in [0.717, 1.165) is 18.6 Å². The molecule has 1 aromatic carbocycles. The Morgan fingerprint density at radius 1 is 1.00 bits per heavy atom.